The van der Waals surface area contributed by atoms with Gasteiger partial charge in [0.05, 0.1) is 0 Å². The molecule has 0 aliphatic carbocycles. The molecule has 7 heteroatoms. The van der Waals surface area contributed by atoms with E-state index < -0.39 is 0 Å². The number of aryl methyl sites for hydroxylation is 1. The third kappa shape index (κ3) is 3.98. The number of anilines is 1. The van der Waals surface area contributed by atoms with Gasteiger partial charge in [0.25, 0.3) is 5.91 Å². The Morgan fingerprint density at radius 3 is 2.41 bits per heavy atom. The van der Waals surface area contributed by atoms with Crippen LogP contribution in [0.15, 0.2) is 67.1 Å². The SMILES string of the molecule is Cn1cccc1C(=O)N1CCC(c2ccc(NC(=O)N3CC(c4cccnc4)C3)cc2)C1. The van der Waals surface area contributed by atoms with E-state index >= 15 is 0 Å². The molecule has 1 aromatic carbocycles. The van der Waals surface area contributed by atoms with Crippen LogP contribution in [0.3, 0.4) is 0 Å². The zero-order chi connectivity index (χ0) is 22.1. The molecule has 1 N–H and O–H groups in total. The van der Waals surface area contributed by atoms with Crippen molar-refractivity contribution in [1.82, 2.24) is 19.4 Å². The molecule has 32 heavy (non-hydrogen) atoms. The molecule has 0 bridgehead atoms. The van der Waals surface area contributed by atoms with E-state index in [1.165, 1.54) is 11.1 Å². The number of likely N-dealkylation sites (tertiary alicyclic amines) is 2. The van der Waals surface area contributed by atoms with Crippen molar-refractivity contribution in [2.75, 3.05) is 31.5 Å². The van der Waals surface area contributed by atoms with E-state index in [2.05, 4.69) is 28.5 Å². The topological polar surface area (TPSA) is 70.5 Å². The van der Waals surface area contributed by atoms with E-state index in [-0.39, 0.29) is 11.9 Å². The third-order valence-corrected chi connectivity index (χ3v) is 6.60. The van der Waals surface area contributed by atoms with E-state index in [0.717, 1.165) is 30.9 Å². The van der Waals surface area contributed by atoms with Gasteiger partial charge < -0.3 is 19.7 Å². The Balaban J connectivity index is 1.14. The molecule has 2 aliphatic heterocycles. The Labute approximate surface area is 187 Å². The maximum atomic E-state index is 12.7. The van der Waals surface area contributed by atoms with Gasteiger partial charge in [0.15, 0.2) is 0 Å². The summed E-state index contributed by atoms with van der Waals surface area (Å²) in [5.41, 5.74) is 3.89. The van der Waals surface area contributed by atoms with Crippen molar-refractivity contribution in [3.05, 3.63) is 83.9 Å². The summed E-state index contributed by atoms with van der Waals surface area (Å²) in [5, 5.41) is 2.99. The minimum absolute atomic E-state index is 0.0712. The average molecular weight is 430 g/mol. The van der Waals surface area contributed by atoms with Crippen LogP contribution >= 0.6 is 0 Å². The summed E-state index contributed by atoms with van der Waals surface area (Å²) in [6, 6.07) is 15.7. The number of hydrogen-bond donors (Lipinski definition) is 1. The summed E-state index contributed by atoms with van der Waals surface area (Å²) in [6.45, 7) is 2.91. The normalized spacial score (nSPS) is 18.5. The highest BCUT2D eigenvalue weighted by Crippen LogP contribution is 2.30. The van der Waals surface area contributed by atoms with Crippen molar-refractivity contribution >= 4 is 17.6 Å². The molecule has 0 radical (unpaired) electrons. The zero-order valence-corrected chi connectivity index (χ0v) is 18.1. The minimum atomic E-state index is -0.0712. The van der Waals surface area contributed by atoms with Gasteiger partial charge >= 0.3 is 6.03 Å². The molecule has 1 unspecified atom stereocenters. The molecule has 7 nitrogen and oxygen atoms in total. The summed E-state index contributed by atoms with van der Waals surface area (Å²) >= 11 is 0. The summed E-state index contributed by atoms with van der Waals surface area (Å²) in [5.74, 6) is 0.767. The fraction of sp³-hybridized carbons (Fsp3) is 0.320. The second-order valence-corrected chi connectivity index (χ2v) is 8.68. The number of urea groups is 1. The van der Waals surface area contributed by atoms with Crippen LogP contribution in [-0.4, -0.2) is 57.5 Å². The largest absolute Gasteiger partial charge is 0.347 e. The van der Waals surface area contributed by atoms with Crippen LogP contribution in [0.1, 0.15) is 39.9 Å². The number of pyridine rings is 1. The van der Waals surface area contributed by atoms with Crippen LogP contribution in [0, 0.1) is 0 Å². The molecular weight excluding hydrogens is 402 g/mol. The van der Waals surface area contributed by atoms with Gasteiger partial charge in [-0.3, -0.25) is 9.78 Å². The number of nitrogens with one attached hydrogen (secondary N) is 1. The first-order chi connectivity index (χ1) is 15.6. The molecule has 164 valence electrons. The fourth-order valence-electron chi connectivity index (χ4n) is 4.58. The average Bonchev–Trinajstić information content (AvgIpc) is 3.43. The van der Waals surface area contributed by atoms with Gasteiger partial charge in [-0.05, 0) is 47.9 Å². The molecule has 1 atom stereocenters. The van der Waals surface area contributed by atoms with Crippen molar-refractivity contribution in [3.63, 3.8) is 0 Å². The van der Waals surface area contributed by atoms with E-state index in [0.29, 0.717) is 24.9 Å². The summed E-state index contributed by atoms with van der Waals surface area (Å²) in [7, 11) is 1.90. The Bertz CT molecular complexity index is 1100. The Morgan fingerprint density at radius 1 is 0.938 bits per heavy atom. The molecule has 2 saturated heterocycles. The summed E-state index contributed by atoms with van der Waals surface area (Å²) in [4.78, 5) is 33.2. The van der Waals surface area contributed by atoms with Crippen molar-refractivity contribution in [2.45, 2.75) is 18.3 Å². The maximum Gasteiger partial charge on any atom is 0.321 e. The number of hydrogen-bond acceptors (Lipinski definition) is 3. The highest BCUT2D eigenvalue weighted by atomic mass is 16.2. The molecule has 3 aromatic rings. The highest BCUT2D eigenvalue weighted by molar-refractivity contribution is 5.93. The molecule has 2 fully saturated rings. The Morgan fingerprint density at radius 2 is 1.72 bits per heavy atom. The van der Waals surface area contributed by atoms with E-state index in [1.807, 2.05) is 64.1 Å². The van der Waals surface area contributed by atoms with Crippen molar-refractivity contribution < 1.29 is 9.59 Å². The van der Waals surface area contributed by atoms with Gasteiger partial charge in [-0.15, -0.1) is 0 Å². The van der Waals surface area contributed by atoms with E-state index in [4.69, 9.17) is 0 Å². The number of carbonyl (C=O) groups is 2. The van der Waals surface area contributed by atoms with E-state index in [1.54, 1.807) is 6.20 Å². The predicted octanol–water partition coefficient (Wildman–Crippen LogP) is 3.68. The molecule has 3 amide bonds. The second kappa shape index (κ2) is 8.49. The molecule has 2 aromatic heterocycles. The quantitative estimate of drug-likeness (QED) is 0.688. The van der Waals surface area contributed by atoms with Crippen LogP contribution in [0.5, 0.6) is 0 Å². The van der Waals surface area contributed by atoms with Gasteiger partial charge in [0, 0.05) is 69.3 Å². The molecule has 0 spiro atoms. The molecule has 2 aliphatic rings. The zero-order valence-electron chi connectivity index (χ0n) is 18.1. The van der Waals surface area contributed by atoms with Crippen LogP contribution in [0.2, 0.25) is 0 Å². The predicted molar refractivity (Wildman–Crippen MR) is 123 cm³/mol. The Hall–Kier alpha value is -3.61. The second-order valence-electron chi connectivity index (χ2n) is 8.68. The number of benzene rings is 1. The van der Waals surface area contributed by atoms with Gasteiger partial charge in [-0.25, -0.2) is 4.79 Å². The van der Waals surface area contributed by atoms with Gasteiger partial charge in [-0.1, -0.05) is 18.2 Å². The summed E-state index contributed by atoms with van der Waals surface area (Å²) in [6.07, 6.45) is 6.48. The number of carbonyl (C=O) groups excluding carboxylic acids is 2. The smallest absolute Gasteiger partial charge is 0.321 e. The number of amides is 3. The van der Waals surface area contributed by atoms with Crippen molar-refractivity contribution in [3.8, 4) is 0 Å². The Kier molecular flexibility index (Phi) is 5.39. The lowest BCUT2D eigenvalue weighted by molar-refractivity contribution is 0.0781. The number of rotatable bonds is 4. The monoisotopic (exact) mass is 429 g/mol. The van der Waals surface area contributed by atoms with Crippen LogP contribution in [-0.2, 0) is 7.05 Å². The lowest BCUT2D eigenvalue weighted by atomic mass is 9.93. The maximum absolute atomic E-state index is 12.7. The molecule has 4 heterocycles. The van der Waals surface area contributed by atoms with Crippen molar-refractivity contribution in [2.24, 2.45) is 7.05 Å². The lowest BCUT2D eigenvalue weighted by Gasteiger charge is -2.39. The molecule has 5 rings (SSSR count). The first-order valence-corrected chi connectivity index (χ1v) is 11.0. The minimum Gasteiger partial charge on any atom is -0.347 e. The van der Waals surface area contributed by atoms with Gasteiger partial charge in [-0.2, -0.15) is 0 Å². The first kappa shape index (κ1) is 20.3. The van der Waals surface area contributed by atoms with Gasteiger partial charge in [0.2, 0.25) is 0 Å². The number of nitrogens with zero attached hydrogens (tertiary/aromatic N) is 4. The summed E-state index contributed by atoms with van der Waals surface area (Å²) < 4.78 is 1.87. The molecular formula is C25H27N5O2. The fourth-order valence-corrected chi connectivity index (χ4v) is 4.58. The van der Waals surface area contributed by atoms with Crippen LogP contribution < -0.4 is 5.32 Å². The first-order valence-electron chi connectivity index (χ1n) is 11.0. The lowest BCUT2D eigenvalue weighted by Crippen LogP contribution is -2.50. The standard InChI is InChI=1S/C25H27N5O2/c1-28-12-3-5-23(28)24(31)29-13-10-20(15-29)18-6-8-22(9-7-18)27-25(32)30-16-21(17-30)19-4-2-11-26-14-19/h2-9,11-12,14,20-21H,10,13,15-17H2,1H3,(H,27,32). The molecule has 0 saturated carbocycles. The van der Waals surface area contributed by atoms with E-state index in [9.17, 15) is 9.59 Å². The van der Waals surface area contributed by atoms with Crippen LogP contribution in [0.4, 0.5) is 10.5 Å². The third-order valence-electron chi connectivity index (χ3n) is 6.60. The number of aromatic nitrogens is 2. The van der Waals surface area contributed by atoms with Crippen LogP contribution in [0.25, 0.3) is 0 Å². The van der Waals surface area contributed by atoms with Crippen molar-refractivity contribution in [1.29, 1.82) is 0 Å². The highest BCUT2D eigenvalue weighted by Gasteiger charge is 2.32. The van der Waals surface area contributed by atoms with Gasteiger partial charge in [0.1, 0.15) is 5.69 Å².